The second-order valence-electron chi connectivity index (χ2n) is 11.6. The van der Waals surface area contributed by atoms with Crippen molar-refractivity contribution in [2.24, 2.45) is 23.4 Å². The molecule has 3 aliphatic rings. The summed E-state index contributed by atoms with van der Waals surface area (Å²) in [6.45, 7) is 3.15. The molecule has 2 N–H and O–H groups in total. The molecule has 1 spiro atoms. The van der Waals surface area contributed by atoms with Crippen LogP contribution in [0.4, 0.5) is 11.4 Å². The zero-order valence-corrected chi connectivity index (χ0v) is 25.2. The number of aliphatic imine (C=N–C) groups is 1. The van der Waals surface area contributed by atoms with Gasteiger partial charge in [-0.2, -0.15) is 5.10 Å². The highest BCUT2D eigenvalue weighted by Gasteiger charge is 2.59. The van der Waals surface area contributed by atoms with E-state index in [0.29, 0.717) is 48.1 Å². The number of benzene rings is 2. The van der Waals surface area contributed by atoms with Crippen LogP contribution in [-0.2, 0) is 31.8 Å². The summed E-state index contributed by atoms with van der Waals surface area (Å²) < 4.78 is 6.95. The molecule has 1 saturated carbocycles. The molecule has 2 atom stereocenters. The SMILES string of the molecule is Cn1nccc1C(=O)N=CC(C(=O)Nc1ccc2c(c1)NC(=O)C21CCOCC1)C([Si])(c1ccccc1Cl)C1(C)CC1. The number of rotatable bonds is 7. The van der Waals surface area contributed by atoms with Crippen molar-refractivity contribution in [2.75, 3.05) is 23.8 Å². The lowest BCUT2D eigenvalue weighted by molar-refractivity contribution is -0.124. The Kier molecular flexibility index (Phi) is 7.19. The molecule has 42 heavy (non-hydrogen) atoms. The fourth-order valence-corrected chi connectivity index (χ4v) is 7.38. The Labute approximate surface area is 252 Å². The number of aromatic nitrogens is 2. The van der Waals surface area contributed by atoms with Gasteiger partial charge in [-0.3, -0.25) is 19.1 Å². The van der Waals surface area contributed by atoms with Gasteiger partial charge in [0.15, 0.2) is 0 Å². The Hall–Kier alpha value is -3.60. The van der Waals surface area contributed by atoms with Crippen molar-refractivity contribution in [1.29, 1.82) is 0 Å². The zero-order chi connectivity index (χ0) is 29.7. The Balaban J connectivity index is 1.37. The molecule has 0 bridgehead atoms. The number of hydrogen-bond acceptors (Lipinski definition) is 5. The second-order valence-corrected chi connectivity index (χ2v) is 12.8. The minimum Gasteiger partial charge on any atom is -0.381 e. The van der Waals surface area contributed by atoms with Crippen LogP contribution in [0, 0.1) is 11.3 Å². The number of nitrogens with one attached hydrogen (secondary N) is 2. The number of halogens is 1. The first-order valence-electron chi connectivity index (χ1n) is 14.0. The van der Waals surface area contributed by atoms with Crippen molar-refractivity contribution in [3.05, 3.63) is 76.6 Å². The maximum absolute atomic E-state index is 14.2. The van der Waals surface area contributed by atoms with E-state index < -0.39 is 22.3 Å². The third-order valence-corrected chi connectivity index (χ3v) is 10.7. The second kappa shape index (κ2) is 10.6. The Morgan fingerprint density at radius 3 is 2.60 bits per heavy atom. The maximum atomic E-state index is 14.2. The first-order valence-corrected chi connectivity index (χ1v) is 14.9. The number of carbonyl (C=O) groups is 3. The predicted molar refractivity (Wildman–Crippen MR) is 161 cm³/mol. The number of amides is 3. The summed E-state index contributed by atoms with van der Waals surface area (Å²) in [5, 5.41) is 9.63. The number of carbonyl (C=O) groups excluding carboxylic acids is 3. The van der Waals surface area contributed by atoms with E-state index in [1.165, 1.54) is 17.1 Å². The van der Waals surface area contributed by atoms with Gasteiger partial charge in [0.2, 0.25) is 11.8 Å². The summed E-state index contributed by atoms with van der Waals surface area (Å²) >= 11 is 6.73. The molecule has 3 radical (unpaired) electrons. The molecule has 2 aromatic carbocycles. The average Bonchev–Trinajstić information content (AvgIpc) is 3.50. The van der Waals surface area contributed by atoms with E-state index in [1.807, 2.05) is 30.3 Å². The van der Waals surface area contributed by atoms with Crippen LogP contribution in [0.1, 0.15) is 54.2 Å². The van der Waals surface area contributed by atoms with Crippen molar-refractivity contribution >= 4 is 57.2 Å². The van der Waals surface area contributed by atoms with Crippen molar-refractivity contribution in [3.63, 3.8) is 0 Å². The Morgan fingerprint density at radius 2 is 1.93 bits per heavy atom. The fourth-order valence-electron chi connectivity index (χ4n) is 6.34. The van der Waals surface area contributed by atoms with Crippen LogP contribution in [-0.4, -0.2) is 57.2 Å². The highest BCUT2D eigenvalue weighted by atomic mass is 35.5. The number of anilines is 2. The molecular formula is C31H31ClN5O4Si. The van der Waals surface area contributed by atoms with E-state index in [-0.39, 0.29) is 17.2 Å². The largest absolute Gasteiger partial charge is 0.381 e. The van der Waals surface area contributed by atoms with Crippen LogP contribution in [0.5, 0.6) is 0 Å². The van der Waals surface area contributed by atoms with E-state index in [1.54, 1.807) is 25.2 Å². The summed E-state index contributed by atoms with van der Waals surface area (Å²) in [7, 11) is 5.73. The number of fused-ring (bicyclic) bond motifs is 2. The van der Waals surface area contributed by atoms with E-state index in [0.717, 1.165) is 24.0 Å². The fraction of sp³-hybridized carbons (Fsp3) is 0.387. The lowest BCUT2D eigenvalue weighted by Crippen LogP contribution is -2.49. The molecule has 2 unspecified atom stereocenters. The topological polar surface area (TPSA) is 115 Å². The summed E-state index contributed by atoms with van der Waals surface area (Å²) in [4.78, 5) is 44.5. The molecular weight excluding hydrogens is 570 g/mol. The minimum absolute atomic E-state index is 0.0393. The first kappa shape index (κ1) is 28.5. The molecule has 2 aliphatic heterocycles. The van der Waals surface area contributed by atoms with Crippen LogP contribution in [0.2, 0.25) is 5.02 Å². The summed E-state index contributed by atoms with van der Waals surface area (Å²) in [5.41, 5.74) is 2.23. The molecule has 9 nitrogen and oxygen atoms in total. The van der Waals surface area contributed by atoms with Gasteiger partial charge in [0.1, 0.15) is 5.69 Å². The predicted octanol–water partition coefficient (Wildman–Crippen LogP) is 4.40. The normalized spacial score (nSPS) is 20.5. The van der Waals surface area contributed by atoms with Crippen LogP contribution in [0.25, 0.3) is 0 Å². The quantitative estimate of drug-likeness (QED) is 0.308. The summed E-state index contributed by atoms with van der Waals surface area (Å²) in [5.74, 6) is -1.85. The average molecular weight is 601 g/mol. The summed E-state index contributed by atoms with van der Waals surface area (Å²) in [6, 6.07) is 14.5. The third-order valence-electron chi connectivity index (χ3n) is 9.21. The van der Waals surface area contributed by atoms with Crippen LogP contribution in [0.15, 0.2) is 59.7 Å². The van der Waals surface area contributed by atoms with Gasteiger partial charge >= 0.3 is 0 Å². The van der Waals surface area contributed by atoms with Gasteiger partial charge in [-0.25, -0.2) is 4.99 Å². The molecule has 3 aromatic rings. The van der Waals surface area contributed by atoms with Gasteiger partial charge < -0.3 is 15.4 Å². The molecule has 215 valence electrons. The molecule has 1 aromatic heterocycles. The molecule has 3 amide bonds. The Morgan fingerprint density at radius 1 is 1.19 bits per heavy atom. The molecule has 1 saturated heterocycles. The molecule has 1 aliphatic carbocycles. The molecule has 6 rings (SSSR count). The third kappa shape index (κ3) is 4.62. The van der Waals surface area contributed by atoms with Gasteiger partial charge in [0.25, 0.3) is 5.91 Å². The standard InChI is InChI=1S/C31H31ClN5O4Si/c1-29(10-11-29)31(42,20-5-3-4-6-23(20)32)22(18-33-27(39)25-9-14-34-37(25)2)26(38)35-19-7-8-21-24(17-19)36-28(40)30(21)12-15-41-16-13-30/h3-9,14,17-18,22H,10-13,15-16H2,1-2H3,(H,35,38)(H,36,40). The highest BCUT2D eigenvalue weighted by molar-refractivity contribution is 6.33. The number of hydrogen-bond donors (Lipinski definition) is 2. The van der Waals surface area contributed by atoms with Crippen molar-refractivity contribution in [3.8, 4) is 0 Å². The molecule has 3 heterocycles. The number of nitrogens with zero attached hydrogens (tertiary/aromatic N) is 3. The monoisotopic (exact) mass is 600 g/mol. The zero-order valence-electron chi connectivity index (χ0n) is 23.4. The van der Waals surface area contributed by atoms with Gasteiger partial charge in [0, 0.05) is 64.4 Å². The van der Waals surface area contributed by atoms with Gasteiger partial charge in [0.05, 0.1) is 11.3 Å². The van der Waals surface area contributed by atoms with E-state index >= 15 is 0 Å². The number of ether oxygens (including phenoxy) is 1. The van der Waals surface area contributed by atoms with Crippen molar-refractivity contribution in [1.82, 2.24) is 9.78 Å². The van der Waals surface area contributed by atoms with Crippen LogP contribution < -0.4 is 10.6 Å². The summed E-state index contributed by atoms with van der Waals surface area (Å²) in [6.07, 6.45) is 5.87. The van der Waals surface area contributed by atoms with Crippen molar-refractivity contribution in [2.45, 2.75) is 43.1 Å². The van der Waals surface area contributed by atoms with Gasteiger partial charge in [-0.15, -0.1) is 0 Å². The van der Waals surface area contributed by atoms with Crippen LogP contribution >= 0.6 is 11.6 Å². The van der Waals surface area contributed by atoms with Crippen molar-refractivity contribution < 1.29 is 19.1 Å². The number of aryl methyl sites for hydroxylation is 1. The van der Waals surface area contributed by atoms with E-state index in [4.69, 9.17) is 16.3 Å². The Bertz CT molecular complexity index is 1610. The van der Waals surface area contributed by atoms with E-state index in [2.05, 4.69) is 37.9 Å². The minimum atomic E-state index is -0.969. The van der Waals surface area contributed by atoms with E-state index in [9.17, 15) is 14.4 Å². The lowest BCUT2D eigenvalue weighted by Gasteiger charge is -2.42. The van der Waals surface area contributed by atoms with Gasteiger partial charge in [-0.1, -0.05) is 42.8 Å². The van der Waals surface area contributed by atoms with Crippen LogP contribution in [0.3, 0.4) is 0 Å². The smallest absolute Gasteiger partial charge is 0.294 e. The maximum Gasteiger partial charge on any atom is 0.294 e. The molecule has 2 fully saturated rings. The van der Waals surface area contributed by atoms with Gasteiger partial charge in [-0.05, 0) is 66.5 Å². The first-order chi connectivity index (χ1) is 20.1. The lowest BCUT2D eigenvalue weighted by atomic mass is 9.73. The highest BCUT2D eigenvalue weighted by Crippen LogP contribution is 2.61. The molecule has 11 heteroatoms.